The van der Waals surface area contributed by atoms with Crippen LogP contribution in [0.4, 0.5) is 0 Å². The topological polar surface area (TPSA) is 61.2 Å². The van der Waals surface area contributed by atoms with Crippen LogP contribution < -0.4 is 0 Å². The van der Waals surface area contributed by atoms with Gasteiger partial charge in [0.1, 0.15) is 0 Å². The molecule has 0 aromatic heterocycles. The number of nitriles is 1. The van der Waals surface area contributed by atoms with E-state index in [4.69, 9.17) is 5.26 Å². The minimum atomic E-state index is -3.43. The quantitative estimate of drug-likeness (QED) is 0.759. The average Bonchev–Trinajstić information content (AvgIpc) is 2.23. The molecule has 3 atom stereocenters. The van der Waals surface area contributed by atoms with E-state index in [1.807, 2.05) is 13.0 Å². The lowest BCUT2D eigenvalue weighted by molar-refractivity contribution is 0.217. The zero-order valence-corrected chi connectivity index (χ0v) is 11.0. The SMILES string of the molecule is CCC(C#N)S(=O)(=O)N1CC(C)CCC1C. The molecule has 0 N–H and O–H groups in total. The maximum atomic E-state index is 12.2. The number of sulfonamides is 1. The largest absolute Gasteiger partial charge is 0.230 e. The third-order valence-corrected chi connectivity index (χ3v) is 5.58. The van der Waals surface area contributed by atoms with Gasteiger partial charge in [0.05, 0.1) is 6.07 Å². The molecule has 92 valence electrons. The Morgan fingerprint density at radius 2 is 2.06 bits per heavy atom. The summed E-state index contributed by atoms with van der Waals surface area (Å²) < 4.78 is 25.9. The van der Waals surface area contributed by atoms with Crippen LogP contribution in [-0.4, -0.2) is 30.6 Å². The summed E-state index contributed by atoms with van der Waals surface area (Å²) in [6.07, 6.45) is 2.31. The molecule has 3 unspecified atom stereocenters. The van der Waals surface area contributed by atoms with Gasteiger partial charge in [-0.05, 0) is 32.1 Å². The van der Waals surface area contributed by atoms with Crippen molar-refractivity contribution in [2.75, 3.05) is 6.54 Å². The van der Waals surface area contributed by atoms with Crippen molar-refractivity contribution in [2.45, 2.75) is 51.3 Å². The smallest absolute Gasteiger partial charge is 0.211 e. The summed E-state index contributed by atoms with van der Waals surface area (Å²) in [5.41, 5.74) is 0. The van der Waals surface area contributed by atoms with Gasteiger partial charge in [-0.1, -0.05) is 13.8 Å². The molecule has 0 aromatic rings. The second-order valence-corrected chi connectivity index (χ2v) is 6.74. The molecule has 1 heterocycles. The Morgan fingerprint density at radius 3 is 2.56 bits per heavy atom. The maximum absolute atomic E-state index is 12.2. The van der Waals surface area contributed by atoms with Crippen molar-refractivity contribution in [1.82, 2.24) is 4.31 Å². The molecule has 0 amide bonds. The van der Waals surface area contributed by atoms with Crippen LogP contribution in [0.5, 0.6) is 0 Å². The molecule has 0 bridgehead atoms. The molecule has 4 nitrogen and oxygen atoms in total. The van der Waals surface area contributed by atoms with Gasteiger partial charge in [-0.2, -0.15) is 9.57 Å². The fourth-order valence-electron chi connectivity index (χ4n) is 2.13. The minimum Gasteiger partial charge on any atom is -0.211 e. The molecule has 0 aliphatic carbocycles. The van der Waals surface area contributed by atoms with E-state index in [1.165, 1.54) is 4.31 Å². The molecule has 16 heavy (non-hydrogen) atoms. The molecular formula is C11H20N2O2S. The highest BCUT2D eigenvalue weighted by Crippen LogP contribution is 2.26. The normalized spacial score (nSPS) is 29.6. The highest BCUT2D eigenvalue weighted by atomic mass is 32.2. The number of piperidine rings is 1. The van der Waals surface area contributed by atoms with Crippen LogP contribution in [0.15, 0.2) is 0 Å². The molecule has 0 radical (unpaired) electrons. The average molecular weight is 244 g/mol. The highest BCUT2D eigenvalue weighted by molar-refractivity contribution is 7.90. The Hall–Kier alpha value is -0.600. The standard InChI is InChI=1S/C11H20N2O2S/c1-4-11(7-12)16(14,15)13-8-9(2)5-6-10(13)3/h9-11H,4-6,8H2,1-3H3. The van der Waals surface area contributed by atoms with Gasteiger partial charge in [-0.3, -0.25) is 0 Å². The van der Waals surface area contributed by atoms with Crippen molar-refractivity contribution in [1.29, 1.82) is 5.26 Å². The van der Waals surface area contributed by atoms with E-state index in [2.05, 4.69) is 6.92 Å². The van der Waals surface area contributed by atoms with Gasteiger partial charge in [-0.15, -0.1) is 0 Å². The van der Waals surface area contributed by atoms with Gasteiger partial charge in [0.15, 0.2) is 5.25 Å². The van der Waals surface area contributed by atoms with E-state index in [9.17, 15) is 8.42 Å². The van der Waals surface area contributed by atoms with Crippen LogP contribution in [0.1, 0.15) is 40.0 Å². The van der Waals surface area contributed by atoms with Gasteiger partial charge in [-0.25, -0.2) is 8.42 Å². The van der Waals surface area contributed by atoms with Crippen LogP contribution in [0.3, 0.4) is 0 Å². The predicted molar refractivity (Wildman–Crippen MR) is 63.2 cm³/mol. The Bertz CT molecular complexity index is 372. The second-order valence-electron chi connectivity index (χ2n) is 4.67. The molecule has 0 spiro atoms. The van der Waals surface area contributed by atoms with Gasteiger partial charge in [0, 0.05) is 12.6 Å². The fraction of sp³-hybridized carbons (Fsp3) is 0.909. The van der Waals surface area contributed by atoms with Crippen molar-refractivity contribution in [3.63, 3.8) is 0 Å². The first-order valence-corrected chi connectivity index (χ1v) is 7.34. The van der Waals surface area contributed by atoms with Crippen LogP contribution in [0.25, 0.3) is 0 Å². The van der Waals surface area contributed by atoms with Crippen molar-refractivity contribution < 1.29 is 8.42 Å². The highest BCUT2D eigenvalue weighted by Gasteiger charge is 2.37. The summed E-state index contributed by atoms with van der Waals surface area (Å²) in [6, 6.07) is 1.93. The third-order valence-electron chi connectivity index (χ3n) is 3.26. The lowest BCUT2D eigenvalue weighted by Gasteiger charge is -2.36. The van der Waals surface area contributed by atoms with Gasteiger partial charge < -0.3 is 0 Å². The van der Waals surface area contributed by atoms with E-state index in [1.54, 1.807) is 6.92 Å². The van der Waals surface area contributed by atoms with Crippen LogP contribution in [0, 0.1) is 17.2 Å². The number of hydrogen-bond donors (Lipinski definition) is 0. The molecule has 0 saturated carbocycles. The van der Waals surface area contributed by atoms with Crippen LogP contribution in [0.2, 0.25) is 0 Å². The molecule has 1 fully saturated rings. The lowest BCUT2D eigenvalue weighted by atomic mass is 9.97. The molecule has 1 aliphatic rings. The number of nitrogens with zero attached hydrogens (tertiary/aromatic N) is 2. The summed E-state index contributed by atoms with van der Waals surface area (Å²) in [7, 11) is -3.43. The molecule has 5 heteroatoms. The van der Waals surface area contributed by atoms with Crippen LogP contribution in [-0.2, 0) is 10.0 Å². The van der Waals surface area contributed by atoms with E-state index in [0.29, 0.717) is 18.9 Å². The maximum Gasteiger partial charge on any atom is 0.230 e. The zero-order valence-electron chi connectivity index (χ0n) is 10.2. The van der Waals surface area contributed by atoms with Crippen LogP contribution >= 0.6 is 0 Å². The Balaban J connectivity index is 2.94. The van der Waals surface area contributed by atoms with E-state index in [-0.39, 0.29) is 6.04 Å². The van der Waals surface area contributed by atoms with Gasteiger partial charge in [0.25, 0.3) is 0 Å². The molecule has 1 saturated heterocycles. The Kier molecular flexibility index (Phi) is 4.34. The zero-order chi connectivity index (χ0) is 12.3. The summed E-state index contributed by atoms with van der Waals surface area (Å²) in [5, 5.41) is 8.00. The van der Waals surface area contributed by atoms with Crippen molar-refractivity contribution in [2.24, 2.45) is 5.92 Å². The van der Waals surface area contributed by atoms with Crippen molar-refractivity contribution in [3.05, 3.63) is 0 Å². The number of rotatable bonds is 3. The van der Waals surface area contributed by atoms with Crippen molar-refractivity contribution >= 4 is 10.0 Å². The Labute approximate surface area is 98.3 Å². The molecule has 1 rings (SSSR count). The van der Waals surface area contributed by atoms with E-state index in [0.717, 1.165) is 12.8 Å². The first-order valence-electron chi connectivity index (χ1n) is 5.83. The molecule has 0 aromatic carbocycles. The molecule has 1 aliphatic heterocycles. The monoisotopic (exact) mass is 244 g/mol. The lowest BCUT2D eigenvalue weighted by Crippen LogP contribution is -2.48. The minimum absolute atomic E-state index is 0.0311. The first kappa shape index (κ1) is 13.5. The Morgan fingerprint density at radius 1 is 1.44 bits per heavy atom. The summed E-state index contributed by atoms with van der Waals surface area (Å²) in [6.45, 7) is 6.28. The first-order chi connectivity index (χ1) is 7.43. The summed E-state index contributed by atoms with van der Waals surface area (Å²) in [4.78, 5) is 0. The predicted octanol–water partition coefficient (Wildman–Crippen LogP) is 1.74. The van der Waals surface area contributed by atoms with Gasteiger partial charge >= 0.3 is 0 Å². The summed E-state index contributed by atoms with van der Waals surface area (Å²) >= 11 is 0. The van der Waals surface area contributed by atoms with Crippen molar-refractivity contribution in [3.8, 4) is 6.07 Å². The van der Waals surface area contributed by atoms with E-state index < -0.39 is 15.3 Å². The number of hydrogen-bond acceptors (Lipinski definition) is 3. The third kappa shape index (κ3) is 2.55. The summed E-state index contributed by atoms with van der Waals surface area (Å²) in [5.74, 6) is 0.391. The second kappa shape index (κ2) is 5.15. The van der Waals surface area contributed by atoms with E-state index >= 15 is 0 Å². The van der Waals surface area contributed by atoms with Gasteiger partial charge in [0.2, 0.25) is 10.0 Å². The fourth-order valence-corrected chi connectivity index (χ4v) is 4.09. The molecular weight excluding hydrogens is 224 g/mol.